The molecular weight excluding hydrogens is 204 g/mol. The van der Waals surface area contributed by atoms with Gasteiger partial charge in [0.2, 0.25) is 5.91 Å². The van der Waals surface area contributed by atoms with Gasteiger partial charge >= 0.3 is 7.12 Å². The van der Waals surface area contributed by atoms with Crippen LogP contribution >= 0.6 is 11.6 Å². The summed E-state index contributed by atoms with van der Waals surface area (Å²) < 4.78 is 4.96. The number of nitrogens with two attached hydrogens (primary N) is 1. The van der Waals surface area contributed by atoms with Crippen molar-refractivity contribution >= 4 is 30.1 Å². The molecule has 1 heterocycles. The van der Waals surface area contributed by atoms with Crippen LogP contribution in [-0.4, -0.2) is 18.0 Å². The average Bonchev–Trinajstić information content (AvgIpc) is 2.48. The Morgan fingerprint density at radius 3 is 3.00 bits per heavy atom. The second kappa shape index (κ2) is 3.27. The normalized spacial score (nSPS) is 14.3. The van der Waals surface area contributed by atoms with Crippen LogP contribution in [0.3, 0.4) is 0 Å². The monoisotopic (exact) mass is 211 g/mol. The topological polar surface area (TPSA) is 72.6 Å². The molecule has 0 bridgehead atoms. The summed E-state index contributed by atoms with van der Waals surface area (Å²) in [4.78, 5) is 10.9. The van der Waals surface area contributed by atoms with Crippen LogP contribution in [0.1, 0.15) is 15.9 Å². The first-order valence-corrected chi connectivity index (χ1v) is 4.39. The maximum absolute atomic E-state index is 10.9. The minimum Gasteiger partial charge on any atom is -0.423 e. The highest BCUT2D eigenvalue weighted by Gasteiger charge is 2.29. The van der Waals surface area contributed by atoms with Crippen LogP contribution < -0.4 is 11.2 Å². The van der Waals surface area contributed by atoms with Gasteiger partial charge in [0.25, 0.3) is 0 Å². The number of fused-ring (bicyclic) bond motifs is 1. The number of carbonyl (C=O) groups excluding carboxylic acids is 1. The lowest BCUT2D eigenvalue weighted by atomic mass is 9.78. The fourth-order valence-corrected chi connectivity index (χ4v) is 1.71. The van der Waals surface area contributed by atoms with Gasteiger partial charge in [-0.15, -0.1) is 0 Å². The Bertz CT molecular complexity index is 410. The fraction of sp³-hybridized carbons (Fsp3) is 0.125. The molecule has 2 rings (SSSR count). The summed E-state index contributed by atoms with van der Waals surface area (Å²) in [6.45, 7) is 0.258. The van der Waals surface area contributed by atoms with Crippen molar-refractivity contribution in [2.75, 3.05) is 0 Å². The van der Waals surface area contributed by atoms with Crippen molar-refractivity contribution in [1.82, 2.24) is 0 Å². The summed E-state index contributed by atoms with van der Waals surface area (Å²) in [7, 11) is -1.01. The van der Waals surface area contributed by atoms with Gasteiger partial charge in [0.15, 0.2) is 0 Å². The molecule has 0 aliphatic carbocycles. The molecule has 1 aliphatic heterocycles. The molecule has 3 N–H and O–H groups in total. The largest absolute Gasteiger partial charge is 0.491 e. The summed E-state index contributed by atoms with van der Waals surface area (Å²) in [5.74, 6) is -0.575. The van der Waals surface area contributed by atoms with Crippen molar-refractivity contribution < 1.29 is 14.5 Å². The van der Waals surface area contributed by atoms with Gasteiger partial charge in [-0.3, -0.25) is 4.79 Å². The van der Waals surface area contributed by atoms with Crippen molar-refractivity contribution in [1.29, 1.82) is 0 Å². The van der Waals surface area contributed by atoms with E-state index in [1.807, 2.05) is 0 Å². The minimum atomic E-state index is -1.01. The third-order valence-corrected chi connectivity index (χ3v) is 2.50. The predicted octanol–water partition coefficient (Wildman–Crippen LogP) is -0.343. The molecule has 0 spiro atoms. The second-order valence-electron chi connectivity index (χ2n) is 3.05. The van der Waals surface area contributed by atoms with Gasteiger partial charge in [-0.25, -0.2) is 0 Å². The molecule has 14 heavy (non-hydrogen) atoms. The number of rotatable bonds is 1. The summed E-state index contributed by atoms with van der Waals surface area (Å²) in [5.41, 5.74) is 6.61. The quantitative estimate of drug-likeness (QED) is 0.624. The van der Waals surface area contributed by atoms with Crippen LogP contribution in [0.4, 0.5) is 0 Å². The highest BCUT2D eigenvalue weighted by atomic mass is 35.5. The van der Waals surface area contributed by atoms with E-state index in [0.717, 1.165) is 0 Å². The van der Waals surface area contributed by atoms with Gasteiger partial charge in [-0.05, 0) is 23.2 Å². The first-order valence-electron chi connectivity index (χ1n) is 4.01. The first kappa shape index (κ1) is 9.52. The molecule has 6 heteroatoms. The van der Waals surface area contributed by atoms with E-state index in [0.29, 0.717) is 16.0 Å². The Labute approximate surface area is 85.8 Å². The van der Waals surface area contributed by atoms with Crippen LogP contribution in [0.5, 0.6) is 0 Å². The number of primary amides is 1. The molecule has 0 saturated carbocycles. The zero-order valence-electron chi connectivity index (χ0n) is 7.16. The number of benzene rings is 1. The third-order valence-electron chi connectivity index (χ3n) is 2.17. The summed E-state index contributed by atoms with van der Waals surface area (Å²) in [6, 6.07) is 2.98. The minimum absolute atomic E-state index is 0.258. The van der Waals surface area contributed by atoms with E-state index in [1.54, 1.807) is 0 Å². The number of halogens is 1. The van der Waals surface area contributed by atoms with Crippen LogP contribution in [0.25, 0.3) is 0 Å². The summed E-state index contributed by atoms with van der Waals surface area (Å²) in [6.07, 6.45) is 0. The molecule has 1 aromatic rings. The zero-order chi connectivity index (χ0) is 10.3. The Morgan fingerprint density at radius 1 is 1.64 bits per heavy atom. The highest BCUT2D eigenvalue weighted by molar-refractivity contribution is 6.62. The fourth-order valence-electron chi connectivity index (χ4n) is 1.42. The number of amides is 1. The highest BCUT2D eigenvalue weighted by Crippen LogP contribution is 2.21. The third kappa shape index (κ3) is 1.39. The Morgan fingerprint density at radius 2 is 2.36 bits per heavy atom. The first-order chi connectivity index (χ1) is 6.59. The van der Waals surface area contributed by atoms with Gasteiger partial charge in [0, 0.05) is 10.6 Å². The van der Waals surface area contributed by atoms with Crippen molar-refractivity contribution in [3.8, 4) is 0 Å². The lowest BCUT2D eigenvalue weighted by Gasteiger charge is -2.03. The SMILES string of the molecule is NC(=O)c1cc(Cl)c2c(c1)B(O)OC2. The Balaban J connectivity index is 2.58. The van der Waals surface area contributed by atoms with Gasteiger partial charge in [0.1, 0.15) is 0 Å². The standard InChI is InChI=1S/C8H7BClNO3/c10-7-2-4(8(11)12)1-6-5(7)3-14-9(6)13/h1-2,13H,3H2,(H2,11,12). The summed E-state index contributed by atoms with van der Waals surface area (Å²) in [5, 5.41) is 9.78. The van der Waals surface area contributed by atoms with E-state index in [9.17, 15) is 9.82 Å². The van der Waals surface area contributed by atoms with Crippen molar-refractivity contribution in [3.05, 3.63) is 28.3 Å². The van der Waals surface area contributed by atoms with Gasteiger partial charge < -0.3 is 15.4 Å². The van der Waals surface area contributed by atoms with Crippen molar-refractivity contribution in [2.45, 2.75) is 6.61 Å². The average molecular weight is 211 g/mol. The lowest BCUT2D eigenvalue weighted by Crippen LogP contribution is -2.29. The van der Waals surface area contributed by atoms with E-state index in [4.69, 9.17) is 22.0 Å². The maximum atomic E-state index is 10.9. The van der Waals surface area contributed by atoms with Crippen molar-refractivity contribution in [3.63, 3.8) is 0 Å². The second-order valence-corrected chi connectivity index (χ2v) is 3.46. The van der Waals surface area contributed by atoms with Gasteiger partial charge in [-0.1, -0.05) is 11.6 Å². The van der Waals surface area contributed by atoms with Crippen LogP contribution in [0.2, 0.25) is 5.02 Å². The van der Waals surface area contributed by atoms with Crippen molar-refractivity contribution in [2.24, 2.45) is 5.73 Å². The molecule has 72 valence electrons. The number of hydrogen-bond donors (Lipinski definition) is 2. The van der Waals surface area contributed by atoms with E-state index in [1.165, 1.54) is 12.1 Å². The van der Waals surface area contributed by atoms with Gasteiger partial charge in [0.05, 0.1) is 6.61 Å². The molecule has 4 nitrogen and oxygen atoms in total. The van der Waals surface area contributed by atoms with Crippen LogP contribution in [0, 0.1) is 0 Å². The molecule has 1 aliphatic rings. The van der Waals surface area contributed by atoms with E-state index in [2.05, 4.69) is 0 Å². The number of carbonyl (C=O) groups is 1. The molecular formula is C8H7BClNO3. The zero-order valence-corrected chi connectivity index (χ0v) is 7.91. The Hall–Kier alpha value is -1.04. The molecule has 0 aromatic heterocycles. The summed E-state index contributed by atoms with van der Waals surface area (Å²) >= 11 is 5.89. The van der Waals surface area contributed by atoms with E-state index in [-0.39, 0.29) is 12.2 Å². The molecule has 0 fully saturated rings. The molecule has 0 atom stereocenters. The lowest BCUT2D eigenvalue weighted by molar-refractivity contribution is 0.100. The van der Waals surface area contributed by atoms with Crippen LogP contribution in [-0.2, 0) is 11.3 Å². The molecule has 0 unspecified atom stereocenters. The molecule has 1 aromatic carbocycles. The molecule has 0 radical (unpaired) electrons. The van der Waals surface area contributed by atoms with E-state index >= 15 is 0 Å². The van der Waals surface area contributed by atoms with E-state index < -0.39 is 13.0 Å². The van der Waals surface area contributed by atoms with Crippen LogP contribution in [0.15, 0.2) is 12.1 Å². The maximum Gasteiger partial charge on any atom is 0.491 e. The predicted molar refractivity (Wildman–Crippen MR) is 52.4 cm³/mol. The smallest absolute Gasteiger partial charge is 0.423 e. The molecule has 1 amide bonds. The Kier molecular flexibility index (Phi) is 2.22. The number of hydrogen-bond acceptors (Lipinski definition) is 3. The molecule has 0 saturated heterocycles. The van der Waals surface area contributed by atoms with Gasteiger partial charge in [-0.2, -0.15) is 0 Å².